The van der Waals surface area contributed by atoms with Crippen molar-refractivity contribution in [1.29, 1.82) is 0 Å². The molecule has 0 unspecified atom stereocenters. The molecule has 0 radical (unpaired) electrons. The molecule has 6 heteroatoms. The summed E-state index contributed by atoms with van der Waals surface area (Å²) in [6.07, 6.45) is 1.50. The lowest BCUT2D eigenvalue weighted by molar-refractivity contribution is 0.170. The zero-order chi connectivity index (χ0) is 19.4. The van der Waals surface area contributed by atoms with E-state index in [1.807, 2.05) is 67.2 Å². The molecule has 3 aromatic rings. The van der Waals surface area contributed by atoms with Crippen molar-refractivity contribution in [2.75, 3.05) is 14.2 Å². The molecule has 2 aromatic carbocycles. The third-order valence-corrected chi connectivity index (χ3v) is 4.49. The topological polar surface area (TPSA) is 65.4 Å². The monoisotopic (exact) mass is 365 g/mol. The largest absolute Gasteiger partial charge is 0.497 e. The van der Waals surface area contributed by atoms with Gasteiger partial charge < -0.3 is 14.8 Å². The Morgan fingerprint density at radius 3 is 2.59 bits per heavy atom. The Labute approximate surface area is 158 Å². The summed E-state index contributed by atoms with van der Waals surface area (Å²) in [6.45, 7) is 4.45. The number of carbonyl (C=O) groups is 1. The highest BCUT2D eigenvalue weighted by atomic mass is 16.5. The van der Waals surface area contributed by atoms with E-state index in [0.29, 0.717) is 6.54 Å². The van der Waals surface area contributed by atoms with Crippen molar-refractivity contribution in [3.05, 3.63) is 65.4 Å². The fraction of sp³-hybridized carbons (Fsp3) is 0.238. The van der Waals surface area contributed by atoms with Crippen LogP contribution in [0.1, 0.15) is 16.7 Å². The zero-order valence-electron chi connectivity index (χ0n) is 15.9. The van der Waals surface area contributed by atoms with Crippen LogP contribution >= 0.6 is 0 Å². The van der Waals surface area contributed by atoms with Crippen molar-refractivity contribution in [2.24, 2.45) is 0 Å². The molecule has 140 valence electrons. The van der Waals surface area contributed by atoms with Crippen molar-refractivity contribution in [3.63, 3.8) is 0 Å². The Morgan fingerprint density at radius 1 is 1.07 bits per heavy atom. The van der Waals surface area contributed by atoms with Gasteiger partial charge in [-0.05, 0) is 60.9 Å². The smallest absolute Gasteiger partial charge is 0.407 e. The first-order valence-corrected chi connectivity index (χ1v) is 8.64. The van der Waals surface area contributed by atoms with E-state index in [1.165, 1.54) is 7.11 Å². The van der Waals surface area contributed by atoms with Gasteiger partial charge in [0.2, 0.25) is 0 Å². The summed E-state index contributed by atoms with van der Waals surface area (Å²) in [5.41, 5.74) is 6.06. The van der Waals surface area contributed by atoms with Gasteiger partial charge in [-0.3, -0.25) is 0 Å². The number of aromatic nitrogens is 2. The van der Waals surface area contributed by atoms with Crippen LogP contribution in [0.25, 0.3) is 16.9 Å². The van der Waals surface area contributed by atoms with Crippen LogP contribution in [0.15, 0.2) is 48.7 Å². The van der Waals surface area contributed by atoms with Gasteiger partial charge in [0, 0.05) is 18.3 Å². The number of carbonyl (C=O) groups excluding carboxylic acids is 1. The van der Waals surface area contributed by atoms with Crippen LogP contribution in [0.4, 0.5) is 4.79 Å². The quantitative estimate of drug-likeness (QED) is 0.742. The summed E-state index contributed by atoms with van der Waals surface area (Å²) in [5, 5.41) is 7.43. The molecule has 0 fully saturated rings. The Morgan fingerprint density at radius 2 is 1.89 bits per heavy atom. The average molecular weight is 365 g/mol. The second-order valence-electron chi connectivity index (χ2n) is 6.28. The molecule has 1 aromatic heterocycles. The first-order chi connectivity index (χ1) is 13.0. The number of aryl methyl sites for hydroxylation is 2. The molecule has 0 aliphatic rings. The summed E-state index contributed by atoms with van der Waals surface area (Å²) in [6, 6.07) is 14.0. The summed E-state index contributed by atoms with van der Waals surface area (Å²) in [4.78, 5) is 11.3. The average Bonchev–Trinajstić information content (AvgIpc) is 3.16. The van der Waals surface area contributed by atoms with Crippen molar-refractivity contribution in [2.45, 2.75) is 20.4 Å². The Hall–Kier alpha value is -3.28. The van der Waals surface area contributed by atoms with E-state index >= 15 is 0 Å². The Kier molecular flexibility index (Phi) is 5.45. The predicted molar refractivity (Wildman–Crippen MR) is 104 cm³/mol. The number of hydrogen-bond donors (Lipinski definition) is 1. The SMILES string of the molecule is COC(=O)NCc1cc(-c2ccn(-c3ccc(OC)cc3C)n2)ccc1C. The molecule has 0 aliphatic heterocycles. The highest BCUT2D eigenvalue weighted by molar-refractivity contribution is 5.67. The van der Waals surface area contributed by atoms with Gasteiger partial charge >= 0.3 is 6.09 Å². The molecule has 1 amide bonds. The predicted octanol–water partition coefficient (Wildman–Crippen LogP) is 4.02. The maximum Gasteiger partial charge on any atom is 0.407 e. The maximum atomic E-state index is 11.3. The molecule has 1 heterocycles. The van der Waals surface area contributed by atoms with Crippen LogP contribution in [0.5, 0.6) is 5.75 Å². The molecule has 0 saturated carbocycles. The van der Waals surface area contributed by atoms with Gasteiger partial charge in [-0.1, -0.05) is 12.1 Å². The van der Waals surface area contributed by atoms with Gasteiger partial charge in [0.05, 0.1) is 25.6 Å². The van der Waals surface area contributed by atoms with Crippen molar-refractivity contribution in [3.8, 4) is 22.7 Å². The molecular formula is C21H23N3O3. The van der Waals surface area contributed by atoms with E-state index in [9.17, 15) is 4.79 Å². The first kappa shape index (κ1) is 18.5. The molecule has 1 N–H and O–H groups in total. The molecule has 0 spiro atoms. The minimum atomic E-state index is -0.445. The standard InChI is InChI=1S/C21H23N3O3/c1-14-5-6-16(12-17(14)13-22-21(25)27-4)19-9-10-24(23-19)20-8-7-18(26-3)11-15(20)2/h5-12H,13H2,1-4H3,(H,22,25). The third kappa shape index (κ3) is 4.11. The molecule has 0 atom stereocenters. The van der Waals surface area contributed by atoms with Gasteiger partial charge in [0.15, 0.2) is 0 Å². The van der Waals surface area contributed by atoms with E-state index in [0.717, 1.165) is 39.4 Å². The first-order valence-electron chi connectivity index (χ1n) is 8.64. The Balaban J connectivity index is 1.87. The minimum Gasteiger partial charge on any atom is -0.497 e. The highest BCUT2D eigenvalue weighted by Gasteiger charge is 2.09. The molecule has 0 aliphatic carbocycles. The Bertz CT molecular complexity index is 963. The van der Waals surface area contributed by atoms with Crippen LogP contribution in [0.3, 0.4) is 0 Å². The highest BCUT2D eigenvalue weighted by Crippen LogP contribution is 2.24. The van der Waals surface area contributed by atoms with E-state index in [2.05, 4.69) is 10.1 Å². The number of nitrogens with zero attached hydrogens (tertiary/aromatic N) is 2. The van der Waals surface area contributed by atoms with Gasteiger partial charge in [-0.25, -0.2) is 9.48 Å². The number of nitrogens with one attached hydrogen (secondary N) is 1. The number of hydrogen-bond acceptors (Lipinski definition) is 4. The minimum absolute atomic E-state index is 0.407. The fourth-order valence-electron chi connectivity index (χ4n) is 2.88. The lowest BCUT2D eigenvalue weighted by atomic mass is 10.0. The normalized spacial score (nSPS) is 10.5. The van der Waals surface area contributed by atoms with E-state index < -0.39 is 6.09 Å². The summed E-state index contributed by atoms with van der Waals surface area (Å²) >= 11 is 0. The number of alkyl carbamates (subject to hydrolysis) is 1. The van der Waals surface area contributed by atoms with Crippen molar-refractivity contribution in [1.82, 2.24) is 15.1 Å². The van der Waals surface area contributed by atoms with Gasteiger partial charge in [0.1, 0.15) is 5.75 Å². The summed E-state index contributed by atoms with van der Waals surface area (Å²) in [7, 11) is 3.01. The van der Waals surface area contributed by atoms with Gasteiger partial charge in [-0.15, -0.1) is 0 Å². The lowest BCUT2D eigenvalue weighted by Crippen LogP contribution is -2.22. The maximum absolute atomic E-state index is 11.3. The summed E-state index contributed by atoms with van der Waals surface area (Å²) in [5.74, 6) is 0.824. The van der Waals surface area contributed by atoms with Crippen molar-refractivity contribution < 1.29 is 14.3 Å². The van der Waals surface area contributed by atoms with Crippen LogP contribution < -0.4 is 10.1 Å². The van der Waals surface area contributed by atoms with Gasteiger partial charge in [0.25, 0.3) is 0 Å². The molecule has 0 bridgehead atoms. The number of methoxy groups -OCH3 is 2. The van der Waals surface area contributed by atoms with Crippen LogP contribution in [-0.2, 0) is 11.3 Å². The second-order valence-corrected chi connectivity index (χ2v) is 6.28. The second kappa shape index (κ2) is 7.95. The van der Waals surface area contributed by atoms with E-state index in [4.69, 9.17) is 9.84 Å². The van der Waals surface area contributed by atoms with E-state index in [-0.39, 0.29) is 0 Å². The molecule has 6 nitrogen and oxygen atoms in total. The molecule has 27 heavy (non-hydrogen) atoms. The number of rotatable bonds is 5. The van der Waals surface area contributed by atoms with Crippen molar-refractivity contribution >= 4 is 6.09 Å². The van der Waals surface area contributed by atoms with Crippen LogP contribution in [-0.4, -0.2) is 30.1 Å². The third-order valence-electron chi connectivity index (χ3n) is 4.49. The summed E-state index contributed by atoms with van der Waals surface area (Å²) < 4.78 is 11.8. The lowest BCUT2D eigenvalue weighted by Gasteiger charge is -2.09. The van der Waals surface area contributed by atoms with Crippen LogP contribution in [0, 0.1) is 13.8 Å². The fourth-order valence-corrected chi connectivity index (χ4v) is 2.88. The number of ether oxygens (including phenoxy) is 2. The van der Waals surface area contributed by atoms with Crippen LogP contribution in [0.2, 0.25) is 0 Å². The van der Waals surface area contributed by atoms with E-state index in [1.54, 1.807) is 7.11 Å². The zero-order valence-corrected chi connectivity index (χ0v) is 15.9. The number of amides is 1. The molecular weight excluding hydrogens is 342 g/mol. The molecule has 0 saturated heterocycles. The number of benzene rings is 2. The molecule has 3 rings (SSSR count). The van der Waals surface area contributed by atoms with Gasteiger partial charge in [-0.2, -0.15) is 5.10 Å².